The number of unbranched alkanes of at least 4 members (excludes halogenated alkanes) is 2. The van der Waals surface area contributed by atoms with E-state index in [1.54, 1.807) is 0 Å². The number of aliphatic carboxylic acids is 1. The lowest BCUT2D eigenvalue weighted by molar-refractivity contribution is -0.148. The van der Waals surface area contributed by atoms with Crippen molar-refractivity contribution in [2.45, 2.75) is 38.6 Å². The maximum Gasteiger partial charge on any atom is 0.326 e. The van der Waals surface area contributed by atoms with Gasteiger partial charge in [0, 0.05) is 19.9 Å². The van der Waals surface area contributed by atoms with Crippen LogP contribution < -0.4 is 0 Å². The predicted molar refractivity (Wildman–Crippen MR) is 57.2 cm³/mol. The molecule has 0 bridgehead atoms. The van der Waals surface area contributed by atoms with Crippen molar-refractivity contribution >= 4 is 11.9 Å². The van der Waals surface area contributed by atoms with Crippen LogP contribution in [0.15, 0.2) is 0 Å². The normalized spacial score (nSPS) is 11.5. The number of nitrogens with zero attached hydrogens (tertiary/aromatic N) is 1. The van der Waals surface area contributed by atoms with Gasteiger partial charge in [0.05, 0.1) is 0 Å². The third-order valence-corrected chi connectivity index (χ3v) is 2.29. The minimum Gasteiger partial charge on any atom is -0.480 e. The number of rotatable bonds is 6. The molecule has 0 radical (unpaired) electrons. The fourth-order valence-corrected chi connectivity index (χ4v) is 1.06. The average molecular weight is 211 g/mol. The number of likely N-dealkylation sites (N-methyl/N-ethyl adjacent to an activating group) is 1. The van der Waals surface area contributed by atoms with E-state index in [0.717, 1.165) is 6.42 Å². The Balaban J connectivity index is 3.90. The molecule has 84 valence electrons. The van der Waals surface area contributed by atoms with Crippen LogP contribution in [0.25, 0.3) is 0 Å². The number of hydrogen-bond acceptors (Lipinski definition) is 2. The Bertz CT molecular complexity index is 267. The third kappa shape index (κ3) is 5.06. The molecule has 1 N–H and O–H groups in total. The van der Waals surface area contributed by atoms with Crippen LogP contribution in [-0.4, -0.2) is 35.0 Å². The number of amides is 1. The Kier molecular flexibility index (Phi) is 6.19. The number of carbonyl (C=O) groups is 2. The molecule has 0 aromatic carbocycles. The second-order valence-electron chi connectivity index (χ2n) is 3.43. The largest absolute Gasteiger partial charge is 0.480 e. The molecule has 4 heteroatoms. The van der Waals surface area contributed by atoms with Gasteiger partial charge < -0.3 is 10.0 Å². The van der Waals surface area contributed by atoms with E-state index in [1.165, 1.54) is 18.9 Å². The lowest BCUT2D eigenvalue weighted by Crippen LogP contribution is -2.40. The number of hydrogen-bond donors (Lipinski definition) is 1. The summed E-state index contributed by atoms with van der Waals surface area (Å²) in [6, 6.07) is -0.773. The van der Waals surface area contributed by atoms with Crippen molar-refractivity contribution in [2.75, 3.05) is 7.05 Å². The summed E-state index contributed by atoms with van der Waals surface area (Å²) >= 11 is 0. The van der Waals surface area contributed by atoms with Gasteiger partial charge in [-0.2, -0.15) is 0 Å². The van der Waals surface area contributed by atoms with Crippen molar-refractivity contribution in [2.24, 2.45) is 0 Å². The van der Waals surface area contributed by atoms with Crippen LogP contribution in [0.4, 0.5) is 0 Å². The molecular weight excluding hydrogens is 194 g/mol. The molecule has 1 amide bonds. The molecule has 0 aliphatic heterocycles. The van der Waals surface area contributed by atoms with E-state index in [9.17, 15) is 9.59 Å². The summed E-state index contributed by atoms with van der Waals surface area (Å²) in [5.74, 6) is 1.35. The van der Waals surface area contributed by atoms with E-state index in [-0.39, 0.29) is 5.91 Å². The van der Waals surface area contributed by atoms with E-state index in [2.05, 4.69) is 5.92 Å². The molecule has 0 heterocycles. The second-order valence-corrected chi connectivity index (χ2v) is 3.43. The number of terminal acetylenes is 1. The van der Waals surface area contributed by atoms with Crippen molar-refractivity contribution in [1.82, 2.24) is 4.90 Å². The van der Waals surface area contributed by atoms with Crippen LogP contribution in [0.3, 0.4) is 0 Å². The van der Waals surface area contributed by atoms with Gasteiger partial charge in [-0.3, -0.25) is 4.79 Å². The molecule has 0 aliphatic carbocycles. The zero-order chi connectivity index (χ0) is 11.8. The molecule has 0 fully saturated rings. The fraction of sp³-hybridized carbons (Fsp3) is 0.636. The van der Waals surface area contributed by atoms with Gasteiger partial charge in [0.25, 0.3) is 0 Å². The first-order valence-electron chi connectivity index (χ1n) is 4.92. The van der Waals surface area contributed by atoms with Crippen LogP contribution in [0.2, 0.25) is 0 Å². The zero-order valence-electron chi connectivity index (χ0n) is 9.19. The second kappa shape index (κ2) is 6.88. The van der Waals surface area contributed by atoms with Crippen LogP contribution in [-0.2, 0) is 9.59 Å². The van der Waals surface area contributed by atoms with E-state index in [4.69, 9.17) is 11.5 Å². The molecule has 0 spiro atoms. The Morgan fingerprint density at radius 2 is 2.07 bits per heavy atom. The maximum absolute atomic E-state index is 11.5. The predicted octanol–water partition coefficient (Wildman–Crippen LogP) is 1.11. The average Bonchev–Trinajstić information content (AvgIpc) is 2.21. The third-order valence-electron chi connectivity index (χ3n) is 2.29. The first-order valence-corrected chi connectivity index (χ1v) is 4.92. The van der Waals surface area contributed by atoms with Gasteiger partial charge in [-0.1, -0.05) is 0 Å². The van der Waals surface area contributed by atoms with Crippen molar-refractivity contribution < 1.29 is 14.7 Å². The van der Waals surface area contributed by atoms with Crippen molar-refractivity contribution in [1.29, 1.82) is 0 Å². The minimum atomic E-state index is -0.991. The maximum atomic E-state index is 11.5. The highest BCUT2D eigenvalue weighted by atomic mass is 16.4. The molecule has 0 saturated carbocycles. The zero-order valence-corrected chi connectivity index (χ0v) is 9.19. The van der Waals surface area contributed by atoms with Crippen LogP contribution in [0, 0.1) is 12.3 Å². The minimum absolute atomic E-state index is 0.151. The Labute approximate surface area is 90.3 Å². The lowest BCUT2D eigenvalue weighted by Gasteiger charge is -2.21. The molecule has 0 aromatic heterocycles. The van der Waals surface area contributed by atoms with E-state index in [1.807, 2.05) is 0 Å². The molecular formula is C11H17NO3. The van der Waals surface area contributed by atoms with Crippen LogP contribution in [0.1, 0.15) is 32.6 Å². The van der Waals surface area contributed by atoms with Gasteiger partial charge in [-0.25, -0.2) is 4.79 Å². The highest BCUT2D eigenvalue weighted by molar-refractivity contribution is 5.83. The number of carbonyl (C=O) groups excluding carboxylic acids is 1. The fourth-order valence-electron chi connectivity index (χ4n) is 1.06. The Hall–Kier alpha value is -1.50. The molecule has 1 unspecified atom stereocenters. The number of carboxylic acid groups (broad SMARTS) is 1. The highest BCUT2D eigenvalue weighted by Crippen LogP contribution is 2.04. The lowest BCUT2D eigenvalue weighted by atomic mass is 10.1. The standard InChI is InChI=1S/C11H17NO3/c1-4-5-6-7-8-10(13)12(3)9(2)11(14)15/h1,9H,5-8H2,2-3H3,(H,14,15). The molecule has 15 heavy (non-hydrogen) atoms. The number of carboxylic acids is 1. The summed E-state index contributed by atoms with van der Waals surface area (Å²) in [7, 11) is 1.50. The Morgan fingerprint density at radius 3 is 2.53 bits per heavy atom. The van der Waals surface area contributed by atoms with Gasteiger partial charge in [0.1, 0.15) is 6.04 Å². The Morgan fingerprint density at radius 1 is 1.47 bits per heavy atom. The molecule has 0 aromatic rings. The van der Waals surface area contributed by atoms with E-state index >= 15 is 0 Å². The summed E-state index contributed by atoms with van der Waals surface area (Å²) in [5.41, 5.74) is 0. The summed E-state index contributed by atoms with van der Waals surface area (Å²) in [6.07, 6.45) is 7.60. The molecule has 4 nitrogen and oxygen atoms in total. The summed E-state index contributed by atoms with van der Waals surface area (Å²) < 4.78 is 0. The SMILES string of the molecule is C#CCCCCC(=O)N(C)C(C)C(=O)O. The van der Waals surface area contributed by atoms with Gasteiger partial charge in [-0.15, -0.1) is 12.3 Å². The van der Waals surface area contributed by atoms with Gasteiger partial charge in [0.15, 0.2) is 0 Å². The van der Waals surface area contributed by atoms with Gasteiger partial charge >= 0.3 is 5.97 Å². The van der Waals surface area contributed by atoms with E-state index < -0.39 is 12.0 Å². The van der Waals surface area contributed by atoms with E-state index in [0.29, 0.717) is 19.3 Å². The van der Waals surface area contributed by atoms with Crippen LogP contribution >= 0.6 is 0 Å². The molecule has 0 saturated heterocycles. The molecule has 0 rings (SSSR count). The summed E-state index contributed by atoms with van der Waals surface area (Å²) in [5, 5.41) is 8.69. The quantitative estimate of drug-likeness (QED) is 0.529. The van der Waals surface area contributed by atoms with Gasteiger partial charge in [0.2, 0.25) is 5.91 Å². The topological polar surface area (TPSA) is 57.6 Å². The molecule has 1 atom stereocenters. The summed E-state index contributed by atoms with van der Waals surface area (Å²) in [6.45, 7) is 1.49. The van der Waals surface area contributed by atoms with Crippen molar-refractivity contribution in [3.8, 4) is 12.3 Å². The first-order chi connectivity index (χ1) is 7.00. The monoisotopic (exact) mass is 211 g/mol. The first kappa shape index (κ1) is 13.5. The summed E-state index contributed by atoms with van der Waals surface area (Å²) in [4.78, 5) is 23.3. The van der Waals surface area contributed by atoms with Gasteiger partial charge in [-0.05, 0) is 19.8 Å². The van der Waals surface area contributed by atoms with Crippen LogP contribution in [0.5, 0.6) is 0 Å². The molecule has 0 aliphatic rings. The van der Waals surface area contributed by atoms with Crippen molar-refractivity contribution in [3.05, 3.63) is 0 Å². The van der Waals surface area contributed by atoms with Crippen molar-refractivity contribution in [3.63, 3.8) is 0 Å². The highest BCUT2D eigenvalue weighted by Gasteiger charge is 2.20. The smallest absolute Gasteiger partial charge is 0.326 e.